The number of halogens is 2. The van der Waals surface area contributed by atoms with E-state index in [-0.39, 0.29) is 5.82 Å². The van der Waals surface area contributed by atoms with Crippen LogP contribution in [-0.2, 0) is 6.42 Å². The molecule has 94 valence electrons. The third-order valence-electron chi connectivity index (χ3n) is 3.45. The second-order valence-electron chi connectivity index (χ2n) is 5.03. The van der Waals surface area contributed by atoms with Gasteiger partial charge in [-0.1, -0.05) is 24.6 Å². The summed E-state index contributed by atoms with van der Waals surface area (Å²) >= 11 is 6.02. The topological polar surface area (TPSA) is 3.24 Å². The number of piperidine rings is 1. The largest absolute Gasteiger partial charge is 0.303 e. The van der Waals surface area contributed by atoms with Crippen LogP contribution in [0.4, 0.5) is 4.39 Å². The molecule has 3 heteroatoms. The maximum Gasteiger partial charge on any atom is 0.124 e. The van der Waals surface area contributed by atoms with E-state index in [0.717, 1.165) is 24.4 Å². The quantitative estimate of drug-likeness (QED) is 0.795. The maximum absolute atomic E-state index is 12.9. The monoisotopic (exact) mass is 255 g/mol. The highest BCUT2D eigenvalue weighted by atomic mass is 35.5. The Morgan fingerprint density at radius 1 is 1.47 bits per heavy atom. The molecule has 17 heavy (non-hydrogen) atoms. The van der Waals surface area contributed by atoms with Crippen LogP contribution < -0.4 is 0 Å². The number of hydrogen-bond acceptors (Lipinski definition) is 1. The minimum Gasteiger partial charge on any atom is -0.303 e. The molecule has 1 aliphatic heterocycles. The van der Waals surface area contributed by atoms with Crippen LogP contribution in [0.1, 0.15) is 25.3 Å². The van der Waals surface area contributed by atoms with Gasteiger partial charge in [0.05, 0.1) is 0 Å². The molecule has 0 aromatic heterocycles. The lowest BCUT2D eigenvalue weighted by molar-refractivity contribution is 0.186. The fourth-order valence-electron chi connectivity index (χ4n) is 2.49. The lowest BCUT2D eigenvalue weighted by Gasteiger charge is -2.30. The average molecular weight is 256 g/mol. The first-order valence-electron chi connectivity index (χ1n) is 6.31. The summed E-state index contributed by atoms with van der Waals surface area (Å²) in [6, 6.07) is 4.68. The van der Waals surface area contributed by atoms with Gasteiger partial charge in [0.25, 0.3) is 0 Å². The predicted molar refractivity (Wildman–Crippen MR) is 70.0 cm³/mol. The molecule has 0 aliphatic carbocycles. The summed E-state index contributed by atoms with van der Waals surface area (Å²) in [5.41, 5.74) is 1.05. The minimum absolute atomic E-state index is 0.259. The van der Waals surface area contributed by atoms with Crippen molar-refractivity contribution in [2.45, 2.75) is 26.2 Å². The molecular formula is C14H19ClFN. The van der Waals surface area contributed by atoms with Gasteiger partial charge in [-0.2, -0.15) is 0 Å². The number of likely N-dealkylation sites (tertiary alicyclic amines) is 1. The van der Waals surface area contributed by atoms with Crippen LogP contribution in [0.2, 0.25) is 5.02 Å². The molecule has 1 atom stereocenters. The first kappa shape index (κ1) is 12.8. The van der Waals surface area contributed by atoms with Crippen molar-refractivity contribution in [1.82, 2.24) is 4.90 Å². The van der Waals surface area contributed by atoms with Crippen LogP contribution in [-0.4, -0.2) is 24.5 Å². The van der Waals surface area contributed by atoms with Gasteiger partial charge < -0.3 is 4.90 Å². The zero-order valence-electron chi connectivity index (χ0n) is 10.3. The molecule has 1 fully saturated rings. The summed E-state index contributed by atoms with van der Waals surface area (Å²) in [5, 5.41) is 0.551. The first-order chi connectivity index (χ1) is 8.15. The Morgan fingerprint density at radius 3 is 3.00 bits per heavy atom. The Kier molecular flexibility index (Phi) is 4.41. The number of rotatable bonds is 3. The van der Waals surface area contributed by atoms with Gasteiger partial charge in [0.2, 0.25) is 0 Å². The molecule has 0 N–H and O–H groups in total. The highest BCUT2D eigenvalue weighted by Gasteiger charge is 2.16. The lowest BCUT2D eigenvalue weighted by atomic mass is 10.00. The van der Waals surface area contributed by atoms with Gasteiger partial charge >= 0.3 is 0 Å². The molecule has 0 bridgehead atoms. The summed E-state index contributed by atoms with van der Waals surface area (Å²) in [7, 11) is 0. The summed E-state index contributed by atoms with van der Waals surface area (Å²) in [6.07, 6.45) is 3.54. The first-order valence-corrected chi connectivity index (χ1v) is 6.69. The van der Waals surface area contributed by atoms with Crippen molar-refractivity contribution >= 4 is 11.6 Å². The van der Waals surface area contributed by atoms with Gasteiger partial charge in [0.1, 0.15) is 5.82 Å². The van der Waals surface area contributed by atoms with E-state index in [2.05, 4.69) is 11.8 Å². The molecule has 0 spiro atoms. The Bertz CT molecular complexity index is 380. The predicted octanol–water partition coefficient (Wildman–Crippen LogP) is 3.75. The van der Waals surface area contributed by atoms with Crippen LogP contribution in [0.3, 0.4) is 0 Å². The molecule has 1 nitrogen and oxygen atoms in total. The zero-order valence-corrected chi connectivity index (χ0v) is 11.0. The van der Waals surface area contributed by atoms with E-state index in [9.17, 15) is 4.39 Å². The number of benzene rings is 1. The number of nitrogens with zero attached hydrogens (tertiary/aromatic N) is 1. The molecular weight excluding hydrogens is 237 g/mol. The van der Waals surface area contributed by atoms with Gasteiger partial charge in [0.15, 0.2) is 0 Å². The van der Waals surface area contributed by atoms with Crippen molar-refractivity contribution < 1.29 is 4.39 Å². The molecule has 0 saturated carbocycles. The van der Waals surface area contributed by atoms with Crippen molar-refractivity contribution in [1.29, 1.82) is 0 Å². The highest BCUT2D eigenvalue weighted by molar-refractivity contribution is 6.31. The second-order valence-corrected chi connectivity index (χ2v) is 5.44. The van der Waals surface area contributed by atoms with Crippen LogP contribution >= 0.6 is 11.6 Å². The van der Waals surface area contributed by atoms with E-state index in [0.29, 0.717) is 5.02 Å². The van der Waals surface area contributed by atoms with E-state index in [1.165, 1.54) is 38.1 Å². The summed E-state index contributed by atoms with van der Waals surface area (Å²) in [5.74, 6) is 0.540. The van der Waals surface area contributed by atoms with E-state index in [1.54, 1.807) is 6.07 Å². The van der Waals surface area contributed by atoms with E-state index >= 15 is 0 Å². The van der Waals surface area contributed by atoms with Gasteiger partial charge in [0, 0.05) is 18.1 Å². The fraction of sp³-hybridized carbons (Fsp3) is 0.571. The standard InChI is InChI=1S/C14H19ClFN/c1-11-3-2-7-17(10-11)8-6-12-4-5-13(16)9-14(12)15/h4-5,9,11H,2-3,6-8,10H2,1H3. The summed E-state index contributed by atoms with van der Waals surface area (Å²) in [6.45, 7) is 5.69. The SMILES string of the molecule is CC1CCCN(CCc2ccc(F)cc2Cl)C1. The Morgan fingerprint density at radius 2 is 2.29 bits per heavy atom. The average Bonchev–Trinajstić information content (AvgIpc) is 2.28. The third kappa shape index (κ3) is 3.68. The van der Waals surface area contributed by atoms with Crippen LogP contribution in [0.25, 0.3) is 0 Å². The molecule has 1 aliphatic rings. The van der Waals surface area contributed by atoms with Crippen molar-refractivity contribution in [2.24, 2.45) is 5.92 Å². The molecule has 1 unspecified atom stereocenters. The number of hydrogen-bond donors (Lipinski definition) is 0. The van der Waals surface area contributed by atoms with E-state index in [1.807, 2.05) is 0 Å². The smallest absolute Gasteiger partial charge is 0.124 e. The minimum atomic E-state index is -0.259. The fourth-order valence-corrected chi connectivity index (χ4v) is 2.75. The second kappa shape index (κ2) is 5.83. The lowest BCUT2D eigenvalue weighted by Crippen LogP contribution is -2.35. The Hall–Kier alpha value is -0.600. The molecule has 0 radical (unpaired) electrons. The summed E-state index contributed by atoms with van der Waals surface area (Å²) in [4.78, 5) is 2.48. The van der Waals surface area contributed by atoms with Gasteiger partial charge in [-0.05, 0) is 49.4 Å². The van der Waals surface area contributed by atoms with Crippen molar-refractivity contribution in [2.75, 3.05) is 19.6 Å². The third-order valence-corrected chi connectivity index (χ3v) is 3.81. The van der Waals surface area contributed by atoms with Gasteiger partial charge in [-0.15, -0.1) is 0 Å². The van der Waals surface area contributed by atoms with Crippen LogP contribution in [0.15, 0.2) is 18.2 Å². The normalized spacial score (nSPS) is 21.7. The Balaban J connectivity index is 1.88. The van der Waals surface area contributed by atoms with Gasteiger partial charge in [-0.3, -0.25) is 0 Å². The molecule has 1 heterocycles. The molecule has 0 amide bonds. The van der Waals surface area contributed by atoms with E-state index < -0.39 is 0 Å². The Labute approximate surface area is 108 Å². The molecule has 2 rings (SSSR count). The van der Waals surface area contributed by atoms with Crippen molar-refractivity contribution in [3.05, 3.63) is 34.6 Å². The maximum atomic E-state index is 12.9. The summed E-state index contributed by atoms with van der Waals surface area (Å²) < 4.78 is 12.9. The molecule has 1 aromatic rings. The van der Waals surface area contributed by atoms with Crippen LogP contribution in [0.5, 0.6) is 0 Å². The molecule has 1 saturated heterocycles. The van der Waals surface area contributed by atoms with Gasteiger partial charge in [-0.25, -0.2) is 4.39 Å². The molecule has 1 aromatic carbocycles. The van der Waals surface area contributed by atoms with Crippen LogP contribution in [0, 0.1) is 11.7 Å². The highest BCUT2D eigenvalue weighted by Crippen LogP contribution is 2.20. The zero-order chi connectivity index (χ0) is 12.3. The van der Waals surface area contributed by atoms with E-state index in [4.69, 9.17) is 11.6 Å². The van der Waals surface area contributed by atoms with Crippen molar-refractivity contribution in [3.8, 4) is 0 Å². The van der Waals surface area contributed by atoms with Crippen molar-refractivity contribution in [3.63, 3.8) is 0 Å².